The molecule has 0 aromatic heterocycles. The summed E-state index contributed by atoms with van der Waals surface area (Å²) in [7, 11) is 0. The van der Waals surface area contributed by atoms with Crippen LogP contribution in [0.2, 0.25) is 0 Å². The molecule has 1 fully saturated rings. The molecule has 0 spiro atoms. The van der Waals surface area contributed by atoms with Crippen LogP contribution in [0, 0.1) is 35.0 Å². The molecule has 7 aliphatic carbocycles. The molecule has 1 saturated heterocycles. The Morgan fingerprint density at radius 2 is 1.57 bits per heavy atom. The smallest absolute Gasteiger partial charge is 0.0549 e. The Balaban J connectivity index is 0.898. The molecule has 8 aliphatic rings. The number of hydrogen-bond donors (Lipinski definition) is 0. The third kappa shape index (κ3) is 5.83. The molecule has 0 radical (unpaired) electrons. The molecule has 7 unspecified atom stereocenters. The zero-order valence-corrected chi connectivity index (χ0v) is 32.2. The van der Waals surface area contributed by atoms with Gasteiger partial charge in [-0.25, -0.2) is 0 Å². The van der Waals surface area contributed by atoms with Crippen LogP contribution >= 0.6 is 0 Å². The predicted molar refractivity (Wildman–Crippen MR) is 226 cm³/mol. The lowest BCUT2D eigenvalue weighted by atomic mass is 9.69. The maximum Gasteiger partial charge on any atom is 0.0549 e. The zero-order valence-electron chi connectivity index (χ0n) is 32.2. The summed E-state index contributed by atoms with van der Waals surface area (Å²) in [5.41, 5.74) is 12.3. The first-order chi connectivity index (χ1) is 26.5. The summed E-state index contributed by atoms with van der Waals surface area (Å²) in [6, 6.07) is 21.4. The summed E-state index contributed by atoms with van der Waals surface area (Å²) in [6.45, 7) is 5.11. The topological polar surface area (TPSA) is 6.48 Å². The predicted octanol–water partition coefficient (Wildman–Crippen LogP) is 12.6. The van der Waals surface area contributed by atoms with Crippen molar-refractivity contribution in [1.82, 2.24) is 4.90 Å². The van der Waals surface area contributed by atoms with Gasteiger partial charge in [-0.05, 0) is 116 Å². The normalized spacial score (nSPS) is 33.0. The van der Waals surface area contributed by atoms with E-state index in [1.807, 2.05) is 0 Å². The van der Waals surface area contributed by atoms with E-state index in [-0.39, 0.29) is 5.41 Å². The quantitative estimate of drug-likeness (QED) is 0.276. The fourth-order valence-corrected chi connectivity index (χ4v) is 11.9. The number of fused-ring (bicyclic) bond motifs is 5. The second kappa shape index (κ2) is 13.9. The standard InChI is InChI=1S/C52H56N2/c1-52(2)48-20-13-12-18-44(48)45-32-31-43(35-49(45)52)53(40-16-8-4-9-17-40)41-27-24-38(25-28-41)39-26-33-51-47(34-39)46-19-10-5-11-21-50(46)54(51)42-29-22-37(23-30-42)36-14-6-3-7-15-36/h3-8,10-12,14-16,18-19,22-24,26-27,29-31,33-34,38,41,45-47,49-51H,9,13,17,20-21,25,28,32,35H2,1-2H3/t38?,41?,45?,46-,47?,49?,50?,51?/m1/s1. The van der Waals surface area contributed by atoms with Crippen molar-refractivity contribution in [3.63, 3.8) is 0 Å². The lowest BCUT2D eigenvalue weighted by Gasteiger charge is -2.44. The van der Waals surface area contributed by atoms with Crippen molar-refractivity contribution in [2.45, 2.75) is 89.8 Å². The largest absolute Gasteiger partial charge is 0.361 e. The Labute approximate surface area is 324 Å². The molecule has 10 rings (SSSR count). The van der Waals surface area contributed by atoms with E-state index in [0.717, 1.165) is 19.3 Å². The van der Waals surface area contributed by atoms with E-state index < -0.39 is 0 Å². The van der Waals surface area contributed by atoms with Crippen LogP contribution in [0.4, 0.5) is 5.69 Å². The fraction of sp³-hybridized carbons (Fsp3) is 0.385. The van der Waals surface area contributed by atoms with E-state index in [2.05, 4.69) is 169 Å². The van der Waals surface area contributed by atoms with Crippen molar-refractivity contribution in [2.75, 3.05) is 4.90 Å². The highest BCUT2D eigenvalue weighted by molar-refractivity contribution is 5.67. The van der Waals surface area contributed by atoms with Gasteiger partial charge in [0.05, 0.1) is 12.1 Å². The highest BCUT2D eigenvalue weighted by Crippen LogP contribution is 2.59. The summed E-state index contributed by atoms with van der Waals surface area (Å²) in [5.74, 6) is 2.84. The molecule has 8 atom stereocenters. The number of hydrogen-bond acceptors (Lipinski definition) is 2. The van der Waals surface area contributed by atoms with Gasteiger partial charge < -0.3 is 9.80 Å². The first-order valence-corrected chi connectivity index (χ1v) is 21.1. The van der Waals surface area contributed by atoms with Gasteiger partial charge >= 0.3 is 0 Å². The van der Waals surface area contributed by atoms with Gasteiger partial charge in [0, 0.05) is 40.9 Å². The molecule has 1 heterocycles. The summed E-state index contributed by atoms with van der Waals surface area (Å²) < 4.78 is 0. The molecule has 54 heavy (non-hydrogen) atoms. The minimum Gasteiger partial charge on any atom is -0.361 e. The fourth-order valence-electron chi connectivity index (χ4n) is 11.9. The summed E-state index contributed by atoms with van der Waals surface area (Å²) in [5, 5.41) is 0. The van der Waals surface area contributed by atoms with E-state index in [1.165, 1.54) is 66.6 Å². The number of nitrogens with zero attached hydrogens (tertiary/aromatic N) is 2. The van der Waals surface area contributed by atoms with E-state index >= 15 is 0 Å². The average Bonchev–Trinajstić information content (AvgIpc) is 3.50. The molecule has 0 N–H and O–H groups in total. The molecule has 2 aromatic rings. The number of allylic oxidation sites excluding steroid dienone is 15. The first kappa shape index (κ1) is 34.0. The van der Waals surface area contributed by atoms with Crippen LogP contribution in [0.5, 0.6) is 0 Å². The zero-order chi connectivity index (χ0) is 36.2. The molecule has 0 saturated carbocycles. The van der Waals surface area contributed by atoms with E-state index in [1.54, 1.807) is 16.8 Å². The molecule has 1 aliphatic heterocycles. The molecule has 0 amide bonds. The molecular weight excluding hydrogens is 653 g/mol. The first-order valence-electron chi connectivity index (χ1n) is 21.1. The lowest BCUT2D eigenvalue weighted by molar-refractivity contribution is 0.189. The molecular formula is C52H56N2. The molecule has 0 bridgehead atoms. The highest BCUT2D eigenvalue weighted by atomic mass is 15.2. The van der Waals surface area contributed by atoms with E-state index in [0.29, 0.717) is 47.7 Å². The molecule has 2 nitrogen and oxygen atoms in total. The summed E-state index contributed by atoms with van der Waals surface area (Å²) in [4.78, 5) is 5.55. The molecule has 2 aromatic carbocycles. The Bertz CT molecular complexity index is 2070. The van der Waals surface area contributed by atoms with Crippen molar-refractivity contribution in [1.29, 1.82) is 0 Å². The SMILES string of the molecule is CC1(C)C2=C(C=CCC2)C2CC=C(N(C3=CC=CCC3)C3C=CC(C4=CC5C(C=C4)N(c4ccc(-c6ccccc6)cc4)C4CC=CC=C[C@H]54)CC3)CC21. The Kier molecular flexibility index (Phi) is 8.77. The minimum absolute atomic E-state index is 0.283. The van der Waals surface area contributed by atoms with Crippen LogP contribution in [-0.4, -0.2) is 23.0 Å². The van der Waals surface area contributed by atoms with Crippen LogP contribution in [0.15, 0.2) is 174 Å². The molecule has 274 valence electrons. The van der Waals surface area contributed by atoms with Gasteiger partial charge in [0.15, 0.2) is 0 Å². The van der Waals surface area contributed by atoms with Gasteiger partial charge in [-0.3, -0.25) is 0 Å². The van der Waals surface area contributed by atoms with Gasteiger partial charge in [-0.15, -0.1) is 0 Å². The Morgan fingerprint density at radius 3 is 2.39 bits per heavy atom. The van der Waals surface area contributed by atoms with Crippen molar-refractivity contribution < 1.29 is 0 Å². The second-order valence-electron chi connectivity index (χ2n) is 17.7. The van der Waals surface area contributed by atoms with Gasteiger partial charge in [-0.1, -0.05) is 147 Å². The third-order valence-corrected chi connectivity index (χ3v) is 14.6. The number of rotatable bonds is 6. The second-order valence-corrected chi connectivity index (χ2v) is 17.7. The van der Waals surface area contributed by atoms with Crippen LogP contribution in [-0.2, 0) is 0 Å². The number of benzene rings is 2. The van der Waals surface area contributed by atoms with Crippen LogP contribution < -0.4 is 4.90 Å². The van der Waals surface area contributed by atoms with Crippen molar-refractivity contribution in [3.05, 3.63) is 174 Å². The van der Waals surface area contributed by atoms with E-state index in [4.69, 9.17) is 0 Å². The van der Waals surface area contributed by atoms with Crippen LogP contribution in [0.3, 0.4) is 0 Å². The highest BCUT2D eigenvalue weighted by Gasteiger charge is 2.50. The maximum absolute atomic E-state index is 2.81. The Morgan fingerprint density at radius 1 is 0.722 bits per heavy atom. The van der Waals surface area contributed by atoms with Gasteiger partial charge in [0.1, 0.15) is 0 Å². The third-order valence-electron chi connectivity index (χ3n) is 14.6. The van der Waals surface area contributed by atoms with Crippen molar-refractivity contribution in [3.8, 4) is 11.1 Å². The van der Waals surface area contributed by atoms with Gasteiger partial charge in [-0.2, -0.15) is 0 Å². The Hall–Kier alpha value is -4.56. The minimum atomic E-state index is 0.283. The lowest BCUT2D eigenvalue weighted by Crippen LogP contribution is -2.39. The molecule has 2 heteroatoms. The van der Waals surface area contributed by atoms with E-state index in [9.17, 15) is 0 Å². The van der Waals surface area contributed by atoms with Crippen LogP contribution in [0.25, 0.3) is 11.1 Å². The average molecular weight is 709 g/mol. The summed E-state index contributed by atoms with van der Waals surface area (Å²) in [6.07, 6.45) is 47.6. The van der Waals surface area contributed by atoms with Crippen molar-refractivity contribution in [2.24, 2.45) is 35.0 Å². The van der Waals surface area contributed by atoms with Gasteiger partial charge in [0.2, 0.25) is 0 Å². The monoisotopic (exact) mass is 708 g/mol. The number of anilines is 1. The van der Waals surface area contributed by atoms with Crippen molar-refractivity contribution >= 4 is 5.69 Å². The maximum atomic E-state index is 2.81. The summed E-state index contributed by atoms with van der Waals surface area (Å²) >= 11 is 0. The van der Waals surface area contributed by atoms with Gasteiger partial charge in [0.25, 0.3) is 0 Å². The van der Waals surface area contributed by atoms with Crippen LogP contribution in [0.1, 0.15) is 71.6 Å².